The summed E-state index contributed by atoms with van der Waals surface area (Å²) in [6, 6.07) is 27.4. The van der Waals surface area contributed by atoms with Crippen molar-refractivity contribution in [2.24, 2.45) is 9.98 Å². The van der Waals surface area contributed by atoms with E-state index in [2.05, 4.69) is 25.9 Å². The Balaban J connectivity index is 0.000000192. The summed E-state index contributed by atoms with van der Waals surface area (Å²) in [5.41, 5.74) is 3.91. The van der Waals surface area contributed by atoms with E-state index < -0.39 is 40.0 Å². The van der Waals surface area contributed by atoms with Crippen LogP contribution in [0, 0.1) is 0 Å². The lowest BCUT2D eigenvalue weighted by molar-refractivity contribution is -0.137. The molecule has 0 saturated heterocycles. The van der Waals surface area contributed by atoms with Crippen LogP contribution in [-0.4, -0.2) is 69.7 Å². The first-order valence-corrected chi connectivity index (χ1v) is 19.0. The summed E-state index contributed by atoms with van der Waals surface area (Å²) in [4.78, 5) is 36.5. The number of benzene rings is 4. The molecule has 49 heavy (non-hydrogen) atoms. The van der Waals surface area contributed by atoms with Crippen molar-refractivity contribution in [1.82, 2.24) is 0 Å². The Labute approximate surface area is 296 Å². The third kappa shape index (κ3) is 8.81. The van der Waals surface area contributed by atoms with Crippen molar-refractivity contribution in [3.05, 3.63) is 129 Å². The second kappa shape index (κ2) is 15.7. The molecular weight excluding hydrogens is 741 g/mol. The van der Waals surface area contributed by atoms with Gasteiger partial charge in [0.15, 0.2) is 11.8 Å². The first-order valence-electron chi connectivity index (χ1n) is 14.8. The quantitative estimate of drug-likeness (QED) is 0.218. The van der Waals surface area contributed by atoms with Crippen LogP contribution in [0.15, 0.2) is 112 Å². The molecule has 6 rings (SSSR count). The van der Waals surface area contributed by atoms with Gasteiger partial charge in [0, 0.05) is 26.7 Å². The van der Waals surface area contributed by atoms with Gasteiger partial charge in [-0.15, -0.1) is 0 Å². The molecule has 14 heteroatoms. The number of halogens is 4. The number of hydrogen-bond acceptors (Lipinski definition) is 6. The number of amides is 2. The molecule has 0 saturated carbocycles. The number of anilines is 2. The molecule has 0 N–H and O–H groups in total. The van der Waals surface area contributed by atoms with Crippen LogP contribution in [0.3, 0.4) is 0 Å². The van der Waals surface area contributed by atoms with Gasteiger partial charge in [0.25, 0.3) is 11.8 Å². The predicted octanol–water partition coefficient (Wildman–Crippen LogP) is 6.19. The third-order valence-electron chi connectivity index (χ3n) is 7.44. The molecule has 0 bridgehead atoms. The lowest BCUT2D eigenvalue weighted by Crippen LogP contribution is -2.36. The van der Waals surface area contributed by atoms with Gasteiger partial charge in [0.2, 0.25) is 0 Å². The standard InChI is InChI=1S/C18H15F3N2O2S.C17H15BrN2O2S/c1-26(25)11-23-15-8-7-13(18(19,20)21)9-14(15)17(22-10-16(23)24)12-5-3-2-4-6-12;1-23(22)11-20-15-8-7-13(18)9-14(15)17(19-10-16(20)21)12-5-3-2-4-6-12/h2-9H,10-11H2,1H3;2-9H,10-11H2,1H3. The maximum Gasteiger partial charge on any atom is 0.416 e. The summed E-state index contributed by atoms with van der Waals surface area (Å²) < 4.78 is 63.8. The van der Waals surface area contributed by atoms with Crippen LogP contribution in [0.1, 0.15) is 27.8 Å². The summed E-state index contributed by atoms with van der Waals surface area (Å²) in [6.07, 6.45) is -1.50. The second-order valence-electron chi connectivity index (χ2n) is 11.0. The Bertz CT molecular complexity index is 1890. The summed E-state index contributed by atoms with van der Waals surface area (Å²) in [6.45, 7) is -0.175. The highest BCUT2D eigenvalue weighted by atomic mass is 79.9. The highest BCUT2D eigenvalue weighted by Crippen LogP contribution is 2.35. The highest BCUT2D eigenvalue weighted by Gasteiger charge is 2.34. The molecule has 0 fully saturated rings. The monoisotopic (exact) mass is 770 g/mol. The van der Waals surface area contributed by atoms with Crippen molar-refractivity contribution < 1.29 is 31.9 Å². The molecule has 254 valence electrons. The number of nitrogens with zero attached hydrogens (tertiary/aromatic N) is 4. The van der Waals surface area contributed by atoms with E-state index >= 15 is 0 Å². The second-order valence-corrected chi connectivity index (χ2v) is 14.7. The molecular formula is C35H30BrF3N4O4S2. The molecule has 2 heterocycles. The lowest BCUT2D eigenvalue weighted by Gasteiger charge is -2.23. The van der Waals surface area contributed by atoms with E-state index in [1.807, 2.05) is 48.5 Å². The van der Waals surface area contributed by atoms with Crippen molar-refractivity contribution in [3.8, 4) is 0 Å². The van der Waals surface area contributed by atoms with Crippen LogP contribution in [-0.2, 0) is 38.1 Å². The fraction of sp³-hybridized carbons (Fsp3) is 0.200. The molecule has 2 unspecified atom stereocenters. The van der Waals surface area contributed by atoms with Crippen LogP contribution in [0.25, 0.3) is 0 Å². The SMILES string of the molecule is C[S+]([O-])CN1C(=O)CN=C(c2ccccc2)c2cc(Br)ccc21.C[S+]([O-])CN1C(=O)CN=C(c2ccccc2)c2cc(C(F)(F)F)ccc21. The highest BCUT2D eigenvalue weighted by molar-refractivity contribution is 9.10. The van der Waals surface area contributed by atoms with Gasteiger partial charge in [-0.3, -0.25) is 29.4 Å². The van der Waals surface area contributed by atoms with Gasteiger partial charge in [-0.2, -0.15) is 13.2 Å². The van der Waals surface area contributed by atoms with E-state index in [1.165, 1.54) is 17.2 Å². The van der Waals surface area contributed by atoms with Gasteiger partial charge in [0.05, 0.1) is 40.9 Å². The van der Waals surface area contributed by atoms with E-state index in [1.54, 1.807) is 41.5 Å². The van der Waals surface area contributed by atoms with Gasteiger partial charge in [-0.05, 0) is 58.7 Å². The number of fused-ring (bicyclic) bond motifs is 2. The van der Waals surface area contributed by atoms with Gasteiger partial charge in [0.1, 0.15) is 13.1 Å². The smallest absolute Gasteiger partial charge is 0.416 e. The zero-order chi connectivity index (χ0) is 35.3. The van der Waals surface area contributed by atoms with Crippen LogP contribution in [0.4, 0.5) is 24.5 Å². The molecule has 2 aliphatic rings. The van der Waals surface area contributed by atoms with Gasteiger partial charge >= 0.3 is 6.18 Å². The Morgan fingerprint density at radius 3 is 1.55 bits per heavy atom. The number of hydrogen-bond donors (Lipinski definition) is 0. The number of alkyl halides is 3. The van der Waals surface area contributed by atoms with E-state index in [-0.39, 0.29) is 42.0 Å². The maximum absolute atomic E-state index is 13.2. The number of benzodiazepines with no additional fused rings is 2. The molecule has 2 aliphatic heterocycles. The van der Waals surface area contributed by atoms with Gasteiger partial charge < -0.3 is 9.11 Å². The topological polar surface area (TPSA) is 111 Å². The largest absolute Gasteiger partial charge is 0.615 e. The van der Waals surface area contributed by atoms with E-state index in [4.69, 9.17) is 0 Å². The maximum atomic E-state index is 13.2. The molecule has 0 aliphatic carbocycles. The zero-order valence-electron chi connectivity index (χ0n) is 26.3. The van der Waals surface area contributed by atoms with Crippen LogP contribution in [0.5, 0.6) is 0 Å². The van der Waals surface area contributed by atoms with Crippen LogP contribution < -0.4 is 9.80 Å². The van der Waals surface area contributed by atoms with Crippen molar-refractivity contribution >= 4 is 72.9 Å². The minimum Gasteiger partial charge on any atom is -0.615 e. The molecule has 0 aromatic heterocycles. The fourth-order valence-electron chi connectivity index (χ4n) is 5.31. The summed E-state index contributed by atoms with van der Waals surface area (Å²) in [5.74, 6) is -0.485. The van der Waals surface area contributed by atoms with Crippen molar-refractivity contribution in [2.45, 2.75) is 6.18 Å². The average molecular weight is 772 g/mol. The van der Waals surface area contributed by atoms with Gasteiger partial charge in [-0.25, -0.2) is 0 Å². The fourth-order valence-corrected chi connectivity index (χ4v) is 6.96. The van der Waals surface area contributed by atoms with Crippen molar-refractivity contribution in [3.63, 3.8) is 0 Å². The Hall–Kier alpha value is -3.95. The number of carbonyl (C=O) groups excluding carboxylic acids is 2. The third-order valence-corrected chi connectivity index (χ3v) is 9.17. The van der Waals surface area contributed by atoms with Crippen LogP contribution >= 0.6 is 15.9 Å². The number of rotatable bonds is 6. The minimum absolute atomic E-state index is 0.0493. The first-order chi connectivity index (χ1) is 23.3. The molecule has 0 radical (unpaired) electrons. The average Bonchev–Trinajstić information content (AvgIpc) is 3.28. The zero-order valence-corrected chi connectivity index (χ0v) is 29.5. The van der Waals surface area contributed by atoms with Crippen molar-refractivity contribution in [1.29, 1.82) is 0 Å². The van der Waals surface area contributed by atoms with Gasteiger partial charge in [-0.1, -0.05) is 76.6 Å². The summed E-state index contributed by atoms with van der Waals surface area (Å²) in [5, 5.41) is 0. The molecule has 2 amide bonds. The molecule has 4 aromatic rings. The summed E-state index contributed by atoms with van der Waals surface area (Å²) in [7, 11) is 0. The molecule has 8 nitrogen and oxygen atoms in total. The summed E-state index contributed by atoms with van der Waals surface area (Å²) >= 11 is 1.02. The Kier molecular flexibility index (Phi) is 11.7. The molecule has 4 aromatic carbocycles. The Morgan fingerprint density at radius 2 is 1.12 bits per heavy atom. The van der Waals surface area contributed by atoms with E-state index in [9.17, 15) is 31.9 Å². The minimum atomic E-state index is -4.52. The van der Waals surface area contributed by atoms with E-state index in [0.717, 1.165) is 39.1 Å². The predicted molar refractivity (Wildman–Crippen MR) is 192 cm³/mol. The van der Waals surface area contributed by atoms with Crippen LogP contribution in [0.2, 0.25) is 0 Å². The van der Waals surface area contributed by atoms with E-state index in [0.29, 0.717) is 11.3 Å². The normalized spacial score (nSPS) is 15.8. The van der Waals surface area contributed by atoms with Crippen molar-refractivity contribution in [2.75, 3.05) is 47.2 Å². The molecule has 0 spiro atoms. The first kappa shape index (κ1) is 36.3. The molecule has 2 atom stereocenters. The number of carbonyl (C=O) groups is 2. The number of aliphatic imine (C=N–C) groups is 2. The Morgan fingerprint density at radius 1 is 0.694 bits per heavy atom. The lowest BCUT2D eigenvalue weighted by atomic mass is 9.98.